The number of nitrogens with one attached hydrogen (secondary N) is 1. The van der Waals surface area contributed by atoms with Crippen molar-refractivity contribution in [2.45, 2.75) is 11.8 Å². The summed E-state index contributed by atoms with van der Waals surface area (Å²) < 4.78 is 7.58. The molecule has 1 aromatic heterocycles. The predicted octanol–water partition coefficient (Wildman–Crippen LogP) is 6.17. The first-order valence-corrected chi connectivity index (χ1v) is 14.1. The Morgan fingerprint density at radius 1 is 0.846 bits per heavy atom. The Hall–Kier alpha value is -4.17. The van der Waals surface area contributed by atoms with Crippen LogP contribution < -0.4 is 10.1 Å². The van der Waals surface area contributed by atoms with E-state index in [0.29, 0.717) is 31.7 Å². The maximum Gasteiger partial charge on any atom is 0.321 e. The number of anilines is 1. The molecule has 8 heteroatoms. The second kappa shape index (κ2) is 11.7. The van der Waals surface area contributed by atoms with Crippen molar-refractivity contribution in [2.75, 3.05) is 44.9 Å². The molecule has 0 bridgehead atoms. The number of aromatic nitrogens is 1. The summed E-state index contributed by atoms with van der Waals surface area (Å²) in [5.74, 6) is 0.729. The van der Waals surface area contributed by atoms with Gasteiger partial charge in [-0.15, -0.1) is 11.8 Å². The quantitative estimate of drug-likeness (QED) is 0.297. The van der Waals surface area contributed by atoms with Crippen LogP contribution in [0.25, 0.3) is 16.9 Å². The number of carbonyl (C=O) groups excluding carboxylic acids is 2. The highest BCUT2D eigenvalue weighted by molar-refractivity contribution is 7.98. The minimum Gasteiger partial charge on any atom is -0.497 e. The number of ether oxygens (including phenoxy) is 1. The lowest BCUT2D eigenvalue weighted by Gasteiger charge is -2.34. The number of methoxy groups -OCH3 is 1. The number of piperazine rings is 1. The first kappa shape index (κ1) is 26.4. The summed E-state index contributed by atoms with van der Waals surface area (Å²) >= 11 is 1.66. The third kappa shape index (κ3) is 5.66. The van der Waals surface area contributed by atoms with Gasteiger partial charge < -0.3 is 24.4 Å². The summed E-state index contributed by atoms with van der Waals surface area (Å²) in [5, 5.41) is 2.96. The van der Waals surface area contributed by atoms with Crippen molar-refractivity contribution < 1.29 is 14.3 Å². The molecule has 200 valence electrons. The SMILES string of the molecule is COc1cccc(-c2cc(C(=O)N3CCN(C(=O)Nc4ccc(SC)cc4)CC3)c(C)n2-c2ccccc2)c1. The Kier molecular flexibility index (Phi) is 7.93. The van der Waals surface area contributed by atoms with Gasteiger partial charge in [-0.3, -0.25) is 4.79 Å². The maximum atomic E-state index is 13.8. The Morgan fingerprint density at radius 2 is 1.54 bits per heavy atom. The molecule has 1 aliphatic rings. The van der Waals surface area contributed by atoms with E-state index in [1.807, 2.05) is 103 Å². The standard InChI is InChI=1S/C31H32N4O3S/c1-22-28(21-29(23-8-7-11-26(20-23)38-2)35(22)25-9-5-4-6-10-25)30(36)33-16-18-34(19-17-33)31(37)32-24-12-14-27(39-3)15-13-24/h4-15,20-21H,16-19H2,1-3H3,(H,32,37). The number of rotatable bonds is 6. The Labute approximate surface area is 233 Å². The van der Waals surface area contributed by atoms with Crippen LogP contribution in [0.5, 0.6) is 5.75 Å². The van der Waals surface area contributed by atoms with Crippen LogP contribution in [0.1, 0.15) is 16.1 Å². The monoisotopic (exact) mass is 540 g/mol. The van der Waals surface area contributed by atoms with Gasteiger partial charge in [0.25, 0.3) is 5.91 Å². The number of carbonyl (C=O) groups is 2. The Morgan fingerprint density at radius 3 is 2.21 bits per heavy atom. The van der Waals surface area contributed by atoms with Gasteiger partial charge in [-0.05, 0) is 67.8 Å². The van der Waals surface area contributed by atoms with Crippen molar-refractivity contribution >= 4 is 29.4 Å². The van der Waals surface area contributed by atoms with Gasteiger partial charge in [-0.2, -0.15) is 0 Å². The maximum absolute atomic E-state index is 13.8. The lowest BCUT2D eigenvalue weighted by atomic mass is 10.1. The van der Waals surface area contributed by atoms with Gasteiger partial charge in [0.15, 0.2) is 0 Å². The average Bonchev–Trinajstić information content (AvgIpc) is 3.34. The number of hydrogen-bond donors (Lipinski definition) is 1. The minimum atomic E-state index is -0.147. The van der Waals surface area contributed by atoms with Gasteiger partial charge in [0.2, 0.25) is 0 Å². The number of para-hydroxylation sites is 1. The van der Waals surface area contributed by atoms with Gasteiger partial charge in [0.1, 0.15) is 5.75 Å². The lowest BCUT2D eigenvalue weighted by Crippen LogP contribution is -2.51. The van der Waals surface area contributed by atoms with Gasteiger partial charge in [0, 0.05) is 53.7 Å². The molecule has 0 aliphatic carbocycles. The fourth-order valence-electron chi connectivity index (χ4n) is 4.89. The summed E-state index contributed by atoms with van der Waals surface area (Å²) in [6.45, 7) is 3.88. The van der Waals surface area contributed by atoms with Gasteiger partial charge in [-0.1, -0.05) is 30.3 Å². The molecule has 7 nitrogen and oxygen atoms in total. The van der Waals surface area contributed by atoms with E-state index in [2.05, 4.69) is 9.88 Å². The molecule has 0 saturated carbocycles. The largest absolute Gasteiger partial charge is 0.497 e. The number of nitrogens with zero attached hydrogens (tertiary/aromatic N) is 3. The summed E-state index contributed by atoms with van der Waals surface area (Å²) in [6.07, 6.45) is 2.02. The van der Waals surface area contributed by atoms with E-state index < -0.39 is 0 Å². The smallest absolute Gasteiger partial charge is 0.321 e. The summed E-state index contributed by atoms with van der Waals surface area (Å²) in [7, 11) is 1.65. The summed E-state index contributed by atoms with van der Waals surface area (Å²) in [6, 6.07) is 27.5. The van der Waals surface area contributed by atoms with E-state index in [-0.39, 0.29) is 11.9 Å². The molecule has 1 aliphatic heterocycles. The van der Waals surface area contributed by atoms with Crippen LogP contribution in [-0.4, -0.2) is 65.8 Å². The van der Waals surface area contributed by atoms with Gasteiger partial charge in [0.05, 0.1) is 18.4 Å². The molecule has 3 aromatic carbocycles. The normalized spacial score (nSPS) is 13.3. The van der Waals surface area contributed by atoms with Crippen LogP contribution in [-0.2, 0) is 0 Å². The third-order valence-corrected chi connectivity index (χ3v) is 7.80. The number of amides is 3. The fourth-order valence-corrected chi connectivity index (χ4v) is 5.30. The first-order valence-electron chi connectivity index (χ1n) is 12.9. The zero-order valence-corrected chi connectivity index (χ0v) is 23.2. The molecule has 1 saturated heterocycles. The fraction of sp³-hybridized carbons (Fsp3) is 0.226. The second-order valence-electron chi connectivity index (χ2n) is 9.37. The van der Waals surface area contributed by atoms with Crippen molar-refractivity contribution in [1.29, 1.82) is 0 Å². The zero-order valence-electron chi connectivity index (χ0n) is 22.4. The molecule has 1 N–H and O–H groups in total. The Bertz CT molecular complexity index is 1460. The van der Waals surface area contributed by atoms with Crippen LogP contribution in [0.4, 0.5) is 10.5 Å². The van der Waals surface area contributed by atoms with Crippen LogP contribution in [0.3, 0.4) is 0 Å². The molecule has 39 heavy (non-hydrogen) atoms. The van der Waals surface area contributed by atoms with E-state index in [1.165, 1.54) is 0 Å². The van der Waals surface area contributed by atoms with Crippen molar-refractivity contribution in [2.24, 2.45) is 0 Å². The molecular formula is C31H32N4O3S. The van der Waals surface area contributed by atoms with Crippen molar-refractivity contribution in [1.82, 2.24) is 14.4 Å². The topological polar surface area (TPSA) is 66.8 Å². The Balaban J connectivity index is 1.34. The van der Waals surface area contributed by atoms with E-state index >= 15 is 0 Å². The van der Waals surface area contributed by atoms with E-state index in [1.54, 1.807) is 23.8 Å². The van der Waals surface area contributed by atoms with Gasteiger partial charge in [-0.25, -0.2) is 4.79 Å². The highest BCUT2D eigenvalue weighted by Crippen LogP contribution is 2.32. The van der Waals surface area contributed by atoms with Gasteiger partial charge >= 0.3 is 6.03 Å². The van der Waals surface area contributed by atoms with E-state index in [0.717, 1.165) is 39.0 Å². The van der Waals surface area contributed by atoms with E-state index in [9.17, 15) is 9.59 Å². The molecule has 0 radical (unpaired) electrons. The molecule has 0 unspecified atom stereocenters. The van der Waals surface area contributed by atoms with Crippen LogP contribution >= 0.6 is 11.8 Å². The molecular weight excluding hydrogens is 508 g/mol. The highest BCUT2D eigenvalue weighted by atomic mass is 32.2. The predicted molar refractivity (Wildman–Crippen MR) is 157 cm³/mol. The lowest BCUT2D eigenvalue weighted by molar-refractivity contribution is 0.0671. The third-order valence-electron chi connectivity index (χ3n) is 7.05. The molecule has 5 rings (SSSR count). The summed E-state index contributed by atoms with van der Waals surface area (Å²) in [4.78, 5) is 31.3. The molecule has 2 heterocycles. The molecule has 3 amide bonds. The molecule has 1 fully saturated rings. The summed E-state index contributed by atoms with van der Waals surface area (Å²) in [5.41, 5.74) is 5.17. The molecule has 4 aromatic rings. The molecule has 0 atom stereocenters. The molecule has 0 spiro atoms. The van der Waals surface area contributed by atoms with Crippen molar-refractivity contribution in [3.63, 3.8) is 0 Å². The minimum absolute atomic E-state index is 0.0287. The number of benzene rings is 3. The number of urea groups is 1. The van der Waals surface area contributed by atoms with Crippen LogP contribution in [0.2, 0.25) is 0 Å². The van der Waals surface area contributed by atoms with Crippen LogP contribution in [0, 0.1) is 6.92 Å². The average molecular weight is 541 g/mol. The second-order valence-corrected chi connectivity index (χ2v) is 10.2. The van der Waals surface area contributed by atoms with Crippen LogP contribution in [0.15, 0.2) is 89.8 Å². The first-order chi connectivity index (χ1) is 19.0. The van der Waals surface area contributed by atoms with Crippen molar-refractivity contribution in [3.8, 4) is 22.7 Å². The van der Waals surface area contributed by atoms with Crippen molar-refractivity contribution in [3.05, 3.63) is 96.2 Å². The highest BCUT2D eigenvalue weighted by Gasteiger charge is 2.28. The van der Waals surface area contributed by atoms with E-state index in [4.69, 9.17) is 4.74 Å². The number of hydrogen-bond acceptors (Lipinski definition) is 4. The zero-order chi connectivity index (χ0) is 27.4. The number of thioether (sulfide) groups is 1.